The standard InChI is InChI=1S/C23H28N2O3/c1-4-16-8-7-10-18-20(15-25-23(16)18)19(14-22(26)24-12-13-27-2)17-9-5-6-11-21(17)28-3/h5-11,15,19,25H,4,12-14H2,1-3H3,(H,24,26)/t19-/m0/s1. The first-order valence-corrected chi connectivity index (χ1v) is 9.67. The number of carbonyl (C=O) groups is 1. The second-order valence-electron chi connectivity index (χ2n) is 6.78. The first-order valence-electron chi connectivity index (χ1n) is 9.67. The first-order chi connectivity index (χ1) is 13.7. The number of hydrogen-bond acceptors (Lipinski definition) is 3. The minimum atomic E-state index is -0.112. The third-order valence-corrected chi connectivity index (χ3v) is 5.12. The molecule has 2 aromatic carbocycles. The maximum absolute atomic E-state index is 12.6. The molecule has 0 aliphatic rings. The SMILES string of the molecule is CCc1cccc2c([C@@H](CC(=O)NCCOC)c3ccccc3OC)c[nH]c12. The van der Waals surface area contributed by atoms with Gasteiger partial charge in [0.15, 0.2) is 0 Å². The van der Waals surface area contributed by atoms with E-state index in [1.54, 1.807) is 14.2 Å². The maximum atomic E-state index is 12.6. The highest BCUT2D eigenvalue weighted by molar-refractivity contribution is 5.88. The summed E-state index contributed by atoms with van der Waals surface area (Å²) in [5.41, 5.74) is 4.53. The number of aromatic amines is 1. The van der Waals surface area contributed by atoms with Crippen molar-refractivity contribution in [2.24, 2.45) is 0 Å². The van der Waals surface area contributed by atoms with Crippen LogP contribution in [-0.2, 0) is 16.0 Å². The van der Waals surface area contributed by atoms with Crippen LogP contribution in [0.3, 0.4) is 0 Å². The number of ether oxygens (including phenoxy) is 2. The minimum Gasteiger partial charge on any atom is -0.496 e. The summed E-state index contributed by atoms with van der Waals surface area (Å²) in [7, 11) is 3.29. The molecule has 5 heteroatoms. The van der Waals surface area contributed by atoms with Gasteiger partial charge in [0.05, 0.1) is 13.7 Å². The Hall–Kier alpha value is -2.79. The van der Waals surface area contributed by atoms with Gasteiger partial charge in [-0.25, -0.2) is 0 Å². The smallest absolute Gasteiger partial charge is 0.221 e. The zero-order valence-electron chi connectivity index (χ0n) is 16.7. The topological polar surface area (TPSA) is 63.4 Å². The molecule has 1 aromatic heterocycles. The van der Waals surface area contributed by atoms with Gasteiger partial charge in [-0.05, 0) is 23.6 Å². The van der Waals surface area contributed by atoms with Gasteiger partial charge in [-0.2, -0.15) is 0 Å². The van der Waals surface area contributed by atoms with E-state index in [9.17, 15) is 4.79 Å². The van der Waals surface area contributed by atoms with Crippen LogP contribution in [0.15, 0.2) is 48.7 Å². The van der Waals surface area contributed by atoms with E-state index >= 15 is 0 Å². The molecular formula is C23H28N2O3. The van der Waals surface area contributed by atoms with Gasteiger partial charge in [-0.3, -0.25) is 4.79 Å². The van der Waals surface area contributed by atoms with E-state index in [-0.39, 0.29) is 11.8 Å². The van der Waals surface area contributed by atoms with Crippen LogP contribution in [0.5, 0.6) is 5.75 Å². The Morgan fingerprint density at radius 2 is 1.93 bits per heavy atom. The summed E-state index contributed by atoms with van der Waals surface area (Å²) < 4.78 is 10.6. The van der Waals surface area contributed by atoms with E-state index < -0.39 is 0 Å². The van der Waals surface area contributed by atoms with Gasteiger partial charge in [0.2, 0.25) is 5.91 Å². The van der Waals surface area contributed by atoms with Crippen LogP contribution in [0.25, 0.3) is 10.9 Å². The maximum Gasteiger partial charge on any atom is 0.221 e. The summed E-state index contributed by atoms with van der Waals surface area (Å²) >= 11 is 0. The Morgan fingerprint density at radius 1 is 1.11 bits per heavy atom. The van der Waals surface area contributed by atoms with Gasteiger partial charge in [0.25, 0.3) is 0 Å². The predicted molar refractivity (Wildman–Crippen MR) is 112 cm³/mol. The van der Waals surface area contributed by atoms with E-state index in [1.165, 1.54) is 5.56 Å². The number of benzene rings is 2. The normalized spacial score (nSPS) is 12.1. The molecule has 0 radical (unpaired) electrons. The highest BCUT2D eigenvalue weighted by Gasteiger charge is 2.24. The highest BCUT2D eigenvalue weighted by Crippen LogP contribution is 2.38. The van der Waals surface area contributed by atoms with Crippen LogP contribution in [0, 0.1) is 0 Å². The summed E-state index contributed by atoms with van der Waals surface area (Å²) in [6.45, 7) is 3.15. The Kier molecular flexibility index (Phi) is 6.71. The average molecular weight is 380 g/mol. The fourth-order valence-electron chi connectivity index (χ4n) is 3.71. The molecule has 1 heterocycles. The van der Waals surface area contributed by atoms with E-state index in [0.29, 0.717) is 19.6 Å². The Balaban J connectivity index is 2.03. The van der Waals surface area contributed by atoms with Crippen molar-refractivity contribution >= 4 is 16.8 Å². The monoisotopic (exact) mass is 380 g/mol. The number of amides is 1. The van der Waals surface area contributed by atoms with Gasteiger partial charge < -0.3 is 19.8 Å². The molecule has 0 bridgehead atoms. The van der Waals surface area contributed by atoms with Gasteiger partial charge in [-0.15, -0.1) is 0 Å². The lowest BCUT2D eigenvalue weighted by atomic mass is 9.87. The second-order valence-corrected chi connectivity index (χ2v) is 6.78. The zero-order valence-corrected chi connectivity index (χ0v) is 16.7. The third kappa shape index (κ3) is 4.20. The van der Waals surface area contributed by atoms with Crippen molar-refractivity contribution < 1.29 is 14.3 Å². The number of aryl methyl sites for hydroxylation is 1. The van der Waals surface area contributed by atoms with Crippen molar-refractivity contribution in [3.8, 4) is 5.75 Å². The molecule has 0 fully saturated rings. The number of H-pyrrole nitrogens is 1. The Morgan fingerprint density at radius 3 is 2.68 bits per heavy atom. The number of aromatic nitrogens is 1. The van der Waals surface area contributed by atoms with Crippen molar-refractivity contribution in [3.05, 3.63) is 65.4 Å². The van der Waals surface area contributed by atoms with Crippen LogP contribution < -0.4 is 10.1 Å². The van der Waals surface area contributed by atoms with E-state index in [4.69, 9.17) is 9.47 Å². The largest absolute Gasteiger partial charge is 0.496 e. The first kappa shape index (κ1) is 20.0. The molecule has 2 N–H and O–H groups in total. The highest BCUT2D eigenvalue weighted by atomic mass is 16.5. The van der Waals surface area contributed by atoms with Crippen molar-refractivity contribution in [1.29, 1.82) is 0 Å². The molecule has 0 aliphatic heterocycles. The fourth-order valence-corrected chi connectivity index (χ4v) is 3.71. The molecule has 0 saturated carbocycles. The fraction of sp³-hybridized carbons (Fsp3) is 0.348. The third-order valence-electron chi connectivity index (χ3n) is 5.12. The lowest BCUT2D eigenvalue weighted by Gasteiger charge is -2.20. The summed E-state index contributed by atoms with van der Waals surface area (Å²) in [6, 6.07) is 14.2. The van der Waals surface area contributed by atoms with Crippen LogP contribution in [-0.4, -0.2) is 38.3 Å². The van der Waals surface area contributed by atoms with Gasteiger partial charge in [-0.1, -0.05) is 43.3 Å². The number of para-hydroxylation sites is 2. The number of rotatable bonds is 9. The summed E-state index contributed by atoms with van der Waals surface area (Å²) in [5.74, 6) is 0.673. The van der Waals surface area contributed by atoms with Crippen LogP contribution in [0.4, 0.5) is 0 Å². The van der Waals surface area contributed by atoms with Crippen molar-refractivity contribution in [2.45, 2.75) is 25.7 Å². The number of carbonyl (C=O) groups excluding carboxylic acids is 1. The quantitative estimate of drug-likeness (QED) is 0.551. The van der Waals surface area contributed by atoms with Crippen molar-refractivity contribution in [3.63, 3.8) is 0 Å². The molecule has 3 aromatic rings. The summed E-state index contributed by atoms with van der Waals surface area (Å²) in [4.78, 5) is 16.1. The van der Waals surface area contributed by atoms with Gasteiger partial charge in [0, 0.05) is 48.7 Å². The van der Waals surface area contributed by atoms with Gasteiger partial charge in [0.1, 0.15) is 5.75 Å². The van der Waals surface area contributed by atoms with Crippen LogP contribution in [0.1, 0.15) is 36.0 Å². The van der Waals surface area contributed by atoms with E-state index in [0.717, 1.165) is 34.2 Å². The Bertz CT molecular complexity index is 932. The van der Waals surface area contributed by atoms with E-state index in [1.807, 2.05) is 30.5 Å². The van der Waals surface area contributed by atoms with Crippen molar-refractivity contribution in [1.82, 2.24) is 10.3 Å². The zero-order chi connectivity index (χ0) is 19.9. The molecule has 0 aliphatic carbocycles. The van der Waals surface area contributed by atoms with Crippen LogP contribution >= 0.6 is 0 Å². The molecule has 3 rings (SSSR count). The lowest BCUT2D eigenvalue weighted by molar-refractivity contribution is -0.121. The average Bonchev–Trinajstić information content (AvgIpc) is 3.16. The summed E-state index contributed by atoms with van der Waals surface area (Å²) in [5, 5.41) is 4.09. The molecule has 28 heavy (non-hydrogen) atoms. The van der Waals surface area contributed by atoms with E-state index in [2.05, 4.69) is 35.4 Å². The minimum absolute atomic E-state index is 0.00560. The Labute approximate surface area is 166 Å². The lowest BCUT2D eigenvalue weighted by Crippen LogP contribution is -2.28. The molecule has 0 unspecified atom stereocenters. The van der Waals surface area contributed by atoms with Crippen molar-refractivity contribution in [2.75, 3.05) is 27.4 Å². The van der Waals surface area contributed by atoms with Crippen LogP contribution in [0.2, 0.25) is 0 Å². The molecular weight excluding hydrogens is 352 g/mol. The molecule has 1 amide bonds. The molecule has 0 saturated heterocycles. The summed E-state index contributed by atoms with van der Waals surface area (Å²) in [6.07, 6.45) is 3.32. The molecule has 148 valence electrons. The number of methoxy groups -OCH3 is 2. The predicted octanol–water partition coefficient (Wildman–Crippen LogP) is 4.02. The molecule has 0 spiro atoms. The molecule has 1 atom stereocenters. The van der Waals surface area contributed by atoms with Gasteiger partial charge >= 0.3 is 0 Å². The number of hydrogen-bond donors (Lipinski definition) is 2. The number of nitrogens with one attached hydrogen (secondary N) is 2. The second kappa shape index (κ2) is 9.42. The molecule has 5 nitrogen and oxygen atoms in total. The number of fused-ring (bicyclic) bond motifs is 1.